The minimum Gasteiger partial charge on any atom is -0.303 e. The van der Waals surface area contributed by atoms with Crippen LogP contribution in [0.25, 0.3) is 11.3 Å². The standard InChI is InChI=1S/C20H19NO/c22-14-8-7-13-18-15-19(16-9-3-1-4-10-16)20(21-18)17-11-5-2-6-12-17/h1-6,9-12,14H,7-8,13,15H2. The first-order chi connectivity index (χ1) is 10.9. The first-order valence-corrected chi connectivity index (χ1v) is 7.72. The third-order valence-electron chi connectivity index (χ3n) is 3.89. The first kappa shape index (κ1) is 14.5. The molecule has 0 radical (unpaired) electrons. The Labute approximate surface area is 131 Å². The molecule has 2 aromatic carbocycles. The maximum Gasteiger partial charge on any atom is 0.120 e. The molecule has 110 valence electrons. The zero-order chi connectivity index (χ0) is 15.2. The van der Waals surface area contributed by atoms with Crippen LogP contribution in [-0.4, -0.2) is 12.0 Å². The highest BCUT2D eigenvalue weighted by Gasteiger charge is 2.20. The van der Waals surface area contributed by atoms with Crippen LogP contribution in [0.2, 0.25) is 0 Å². The van der Waals surface area contributed by atoms with Gasteiger partial charge in [0.05, 0.1) is 5.70 Å². The van der Waals surface area contributed by atoms with E-state index in [-0.39, 0.29) is 0 Å². The summed E-state index contributed by atoms with van der Waals surface area (Å²) in [6.07, 6.45) is 4.25. The molecule has 2 nitrogen and oxygen atoms in total. The monoisotopic (exact) mass is 289 g/mol. The van der Waals surface area contributed by atoms with Gasteiger partial charge in [-0.15, -0.1) is 0 Å². The van der Waals surface area contributed by atoms with Gasteiger partial charge >= 0.3 is 0 Å². The highest BCUT2D eigenvalue weighted by atomic mass is 16.1. The molecule has 0 aromatic heterocycles. The lowest BCUT2D eigenvalue weighted by Gasteiger charge is -2.06. The number of allylic oxidation sites excluding steroid dienone is 1. The highest BCUT2D eigenvalue weighted by Crippen LogP contribution is 2.36. The van der Waals surface area contributed by atoms with E-state index in [2.05, 4.69) is 36.4 Å². The Kier molecular flexibility index (Phi) is 4.59. The van der Waals surface area contributed by atoms with Crippen LogP contribution in [-0.2, 0) is 4.79 Å². The number of hydrogen-bond acceptors (Lipinski definition) is 2. The van der Waals surface area contributed by atoms with Gasteiger partial charge in [0.2, 0.25) is 0 Å². The minimum atomic E-state index is 0.611. The van der Waals surface area contributed by atoms with E-state index < -0.39 is 0 Å². The lowest BCUT2D eigenvalue weighted by atomic mass is 9.97. The summed E-state index contributed by atoms with van der Waals surface area (Å²) in [5, 5.41) is 0. The molecule has 0 saturated heterocycles. The number of carbonyl (C=O) groups excluding carboxylic acids is 1. The summed E-state index contributed by atoms with van der Waals surface area (Å²) in [5.41, 5.74) is 5.93. The molecule has 3 rings (SSSR count). The van der Waals surface area contributed by atoms with Crippen molar-refractivity contribution >= 4 is 23.3 Å². The predicted molar refractivity (Wildman–Crippen MR) is 91.7 cm³/mol. The number of rotatable bonds is 6. The Bertz CT molecular complexity index is 699. The van der Waals surface area contributed by atoms with Crippen molar-refractivity contribution in [2.75, 3.05) is 0 Å². The van der Waals surface area contributed by atoms with E-state index >= 15 is 0 Å². The molecule has 0 spiro atoms. The third-order valence-corrected chi connectivity index (χ3v) is 3.89. The van der Waals surface area contributed by atoms with E-state index in [1.54, 1.807) is 0 Å². The molecule has 0 saturated carbocycles. The molecule has 0 unspecified atom stereocenters. The molecular weight excluding hydrogens is 270 g/mol. The van der Waals surface area contributed by atoms with Gasteiger partial charge in [0.15, 0.2) is 0 Å². The molecule has 1 aliphatic rings. The highest BCUT2D eigenvalue weighted by molar-refractivity contribution is 6.10. The maximum absolute atomic E-state index is 10.5. The van der Waals surface area contributed by atoms with Crippen LogP contribution < -0.4 is 0 Å². The predicted octanol–water partition coefficient (Wildman–Crippen LogP) is 4.77. The average Bonchev–Trinajstić information content (AvgIpc) is 3.01. The largest absolute Gasteiger partial charge is 0.303 e. The van der Waals surface area contributed by atoms with Gasteiger partial charge in [0.1, 0.15) is 6.29 Å². The minimum absolute atomic E-state index is 0.611. The molecule has 1 heterocycles. The fraction of sp³-hybridized carbons (Fsp3) is 0.200. The molecule has 0 atom stereocenters. The number of nitrogens with zero attached hydrogens (tertiary/aromatic N) is 1. The van der Waals surface area contributed by atoms with Crippen LogP contribution in [0.15, 0.2) is 65.7 Å². The van der Waals surface area contributed by atoms with Crippen molar-refractivity contribution in [3.8, 4) is 0 Å². The van der Waals surface area contributed by atoms with Crippen LogP contribution in [0, 0.1) is 0 Å². The van der Waals surface area contributed by atoms with Crippen molar-refractivity contribution < 1.29 is 4.79 Å². The van der Waals surface area contributed by atoms with Gasteiger partial charge in [-0.25, -0.2) is 0 Å². The van der Waals surface area contributed by atoms with Crippen molar-refractivity contribution in [3.05, 3.63) is 71.8 Å². The molecule has 22 heavy (non-hydrogen) atoms. The van der Waals surface area contributed by atoms with Crippen LogP contribution in [0.1, 0.15) is 36.8 Å². The van der Waals surface area contributed by atoms with Gasteiger partial charge < -0.3 is 4.79 Å². The quantitative estimate of drug-likeness (QED) is 0.556. The fourth-order valence-corrected chi connectivity index (χ4v) is 2.80. The summed E-state index contributed by atoms with van der Waals surface area (Å²) >= 11 is 0. The fourth-order valence-electron chi connectivity index (χ4n) is 2.80. The van der Waals surface area contributed by atoms with Gasteiger partial charge in [-0.1, -0.05) is 60.7 Å². The molecule has 0 fully saturated rings. The lowest BCUT2D eigenvalue weighted by molar-refractivity contribution is -0.107. The average molecular weight is 289 g/mol. The van der Waals surface area contributed by atoms with Gasteiger partial charge in [-0.05, 0) is 24.0 Å². The second-order valence-electron chi connectivity index (χ2n) is 5.47. The number of unbranched alkanes of at least 4 members (excludes halogenated alkanes) is 1. The van der Waals surface area contributed by atoms with E-state index in [0.29, 0.717) is 6.42 Å². The second-order valence-corrected chi connectivity index (χ2v) is 5.47. The Hall–Kier alpha value is -2.48. The molecular formula is C20H19NO. The van der Waals surface area contributed by atoms with Crippen molar-refractivity contribution in [1.82, 2.24) is 0 Å². The molecule has 2 heteroatoms. The normalized spacial score (nSPS) is 14.1. The maximum atomic E-state index is 10.5. The zero-order valence-corrected chi connectivity index (χ0v) is 12.5. The summed E-state index contributed by atoms with van der Waals surface area (Å²) < 4.78 is 0. The Morgan fingerprint density at radius 1 is 0.909 bits per heavy atom. The summed E-state index contributed by atoms with van der Waals surface area (Å²) in [7, 11) is 0. The number of hydrogen-bond donors (Lipinski definition) is 0. The van der Waals surface area contributed by atoms with E-state index in [9.17, 15) is 4.79 Å². The molecule has 2 aromatic rings. The van der Waals surface area contributed by atoms with Crippen LogP contribution in [0.3, 0.4) is 0 Å². The topological polar surface area (TPSA) is 29.4 Å². The summed E-state index contributed by atoms with van der Waals surface area (Å²) in [6.45, 7) is 0. The van der Waals surface area contributed by atoms with Crippen molar-refractivity contribution in [1.29, 1.82) is 0 Å². The van der Waals surface area contributed by atoms with Crippen molar-refractivity contribution in [2.45, 2.75) is 25.7 Å². The third kappa shape index (κ3) is 3.22. The zero-order valence-electron chi connectivity index (χ0n) is 12.5. The van der Waals surface area contributed by atoms with Crippen molar-refractivity contribution in [3.63, 3.8) is 0 Å². The van der Waals surface area contributed by atoms with E-state index in [0.717, 1.165) is 36.8 Å². The summed E-state index contributed by atoms with van der Waals surface area (Å²) in [4.78, 5) is 15.4. The Morgan fingerprint density at radius 3 is 2.18 bits per heavy atom. The van der Waals surface area contributed by atoms with Gasteiger partial charge in [0, 0.05) is 24.1 Å². The van der Waals surface area contributed by atoms with Gasteiger partial charge in [0.25, 0.3) is 0 Å². The summed E-state index contributed by atoms with van der Waals surface area (Å²) in [5.74, 6) is 0. The van der Waals surface area contributed by atoms with Crippen LogP contribution in [0.5, 0.6) is 0 Å². The second kappa shape index (κ2) is 6.99. The summed E-state index contributed by atoms with van der Waals surface area (Å²) in [6, 6.07) is 20.8. The molecule has 1 aliphatic heterocycles. The molecule has 0 bridgehead atoms. The Morgan fingerprint density at radius 2 is 1.55 bits per heavy atom. The smallest absolute Gasteiger partial charge is 0.120 e. The van der Waals surface area contributed by atoms with Crippen LogP contribution >= 0.6 is 0 Å². The molecule has 0 amide bonds. The van der Waals surface area contributed by atoms with Gasteiger partial charge in [-0.2, -0.15) is 0 Å². The number of aldehydes is 1. The number of carbonyl (C=O) groups is 1. The molecule has 0 N–H and O–H groups in total. The lowest BCUT2D eigenvalue weighted by Crippen LogP contribution is -1.95. The van der Waals surface area contributed by atoms with E-state index in [1.807, 2.05) is 24.3 Å². The van der Waals surface area contributed by atoms with Crippen molar-refractivity contribution in [2.24, 2.45) is 4.99 Å². The SMILES string of the molecule is O=CCCCC1=NC(c2ccccc2)=C(c2ccccc2)C1. The van der Waals surface area contributed by atoms with E-state index in [1.165, 1.54) is 16.8 Å². The Balaban J connectivity index is 1.92. The van der Waals surface area contributed by atoms with Crippen LogP contribution in [0.4, 0.5) is 0 Å². The number of aliphatic imine (C=N–C) groups is 1. The number of benzene rings is 2. The van der Waals surface area contributed by atoms with Gasteiger partial charge in [-0.3, -0.25) is 4.99 Å². The first-order valence-electron chi connectivity index (χ1n) is 7.72. The van der Waals surface area contributed by atoms with E-state index in [4.69, 9.17) is 4.99 Å². The molecule has 0 aliphatic carbocycles.